The first-order valence-corrected chi connectivity index (χ1v) is 16.4. The van der Waals surface area contributed by atoms with Crippen molar-refractivity contribution in [2.24, 2.45) is 50.3 Å². The van der Waals surface area contributed by atoms with E-state index in [9.17, 15) is 9.59 Å². The average molecular weight is 572 g/mol. The van der Waals surface area contributed by atoms with Crippen LogP contribution in [0.4, 0.5) is 0 Å². The van der Waals surface area contributed by atoms with Gasteiger partial charge in [0.2, 0.25) is 6.08 Å². The number of methoxy groups -OCH3 is 1. The zero-order chi connectivity index (χ0) is 30.6. The largest absolute Gasteiger partial charge is 0.465 e. The van der Waals surface area contributed by atoms with Crippen molar-refractivity contribution >= 4 is 17.6 Å². The monoisotopic (exact) mass is 571 g/mol. The third kappa shape index (κ3) is 4.34. The summed E-state index contributed by atoms with van der Waals surface area (Å²) in [7, 11) is 1.44. The molecule has 6 rings (SSSR count). The number of rotatable bonds is 3. The van der Waals surface area contributed by atoms with Gasteiger partial charge in [0.1, 0.15) is 0 Å². The molecule has 0 radical (unpaired) electrons. The van der Waals surface area contributed by atoms with Gasteiger partial charge >= 0.3 is 5.97 Å². The van der Waals surface area contributed by atoms with Gasteiger partial charge in [-0.15, -0.1) is 6.58 Å². The van der Waals surface area contributed by atoms with Crippen LogP contribution in [0.3, 0.4) is 0 Å². The minimum Gasteiger partial charge on any atom is -0.465 e. The molecule has 0 spiro atoms. The van der Waals surface area contributed by atoms with Crippen molar-refractivity contribution in [2.45, 2.75) is 111 Å². The maximum absolute atomic E-state index is 12.0. The summed E-state index contributed by atoms with van der Waals surface area (Å²) < 4.78 is 4.92. The van der Waals surface area contributed by atoms with Gasteiger partial charge in [0.25, 0.3) is 0 Å². The number of fused-ring (bicyclic) bond motifs is 7. The average Bonchev–Trinajstić information content (AvgIpc) is 3.37. The van der Waals surface area contributed by atoms with Gasteiger partial charge in [0.05, 0.1) is 18.2 Å². The lowest BCUT2D eigenvalue weighted by Gasteiger charge is -2.72. The Morgan fingerprint density at radius 3 is 2.26 bits per heavy atom. The summed E-state index contributed by atoms with van der Waals surface area (Å²) >= 11 is 0. The van der Waals surface area contributed by atoms with Crippen LogP contribution in [-0.2, 0) is 9.53 Å². The van der Waals surface area contributed by atoms with E-state index in [4.69, 9.17) is 4.74 Å². The summed E-state index contributed by atoms with van der Waals surface area (Å²) in [6.07, 6.45) is 18.4. The van der Waals surface area contributed by atoms with Crippen molar-refractivity contribution in [3.05, 3.63) is 54.1 Å². The highest BCUT2D eigenvalue weighted by molar-refractivity contribution is 5.89. The number of carbonyl (C=O) groups excluding carboxylic acids is 2. The summed E-state index contributed by atoms with van der Waals surface area (Å²) in [5.74, 6) is 2.27. The summed E-state index contributed by atoms with van der Waals surface area (Å²) in [5, 5.41) is 0. The van der Waals surface area contributed by atoms with E-state index < -0.39 is 0 Å². The lowest BCUT2D eigenvalue weighted by Crippen LogP contribution is -2.65. The van der Waals surface area contributed by atoms with Gasteiger partial charge in [-0.2, -0.15) is 4.99 Å². The molecule has 0 bridgehead atoms. The summed E-state index contributed by atoms with van der Waals surface area (Å²) in [5.41, 5.74) is 4.10. The van der Waals surface area contributed by atoms with Gasteiger partial charge in [-0.3, -0.25) is 0 Å². The highest BCUT2D eigenvalue weighted by Crippen LogP contribution is 2.76. The first kappa shape index (κ1) is 31.0. The van der Waals surface area contributed by atoms with Gasteiger partial charge in [-0.05, 0) is 133 Å². The van der Waals surface area contributed by atoms with Crippen molar-refractivity contribution in [3.63, 3.8) is 0 Å². The molecule has 1 aromatic carbocycles. The number of carbonyl (C=O) groups is 1. The second-order valence-corrected chi connectivity index (χ2v) is 15.5. The standard InChI is InChI=1S/C35H47NO3.C3H6/c1-31(2)25(23-9-11-24(12-10-23)30(38)39-6)15-18-32(3)28(31)16-19-34(5)29(32)14-13-26-27-8-7-17-35(27,36-22-37)21-20-33(26,34)4;1-3-2/h9-12,15,26-29H,7-8,13-14,16-21H2,1-6H3;3H,1H2,2H3/t26?,27?,28?,29?,32?,33-,34?,35?;/m1./s1. The molecule has 4 nitrogen and oxygen atoms in total. The van der Waals surface area contributed by atoms with Crippen molar-refractivity contribution in [3.8, 4) is 0 Å². The number of ether oxygens (including phenoxy) is 1. The second-order valence-electron chi connectivity index (χ2n) is 15.5. The molecule has 8 atom stereocenters. The van der Waals surface area contributed by atoms with Gasteiger partial charge in [0, 0.05) is 0 Å². The van der Waals surface area contributed by atoms with E-state index in [1.165, 1.54) is 63.2 Å². The third-order valence-corrected chi connectivity index (χ3v) is 13.8. The minimum absolute atomic E-state index is 0.0602. The molecule has 0 saturated heterocycles. The number of benzene rings is 1. The van der Waals surface area contributed by atoms with E-state index in [0.717, 1.165) is 19.3 Å². The molecule has 42 heavy (non-hydrogen) atoms. The van der Waals surface area contributed by atoms with Crippen LogP contribution < -0.4 is 0 Å². The van der Waals surface area contributed by atoms with E-state index >= 15 is 0 Å². The quantitative estimate of drug-likeness (QED) is 0.157. The van der Waals surface area contributed by atoms with Crippen LogP contribution in [0.1, 0.15) is 122 Å². The van der Waals surface area contributed by atoms with Gasteiger partial charge in [-0.25, -0.2) is 9.59 Å². The van der Waals surface area contributed by atoms with Crippen LogP contribution in [0.25, 0.3) is 5.57 Å². The van der Waals surface area contributed by atoms with Crippen LogP contribution in [0.15, 0.2) is 48.0 Å². The molecule has 0 amide bonds. The molecule has 0 heterocycles. The van der Waals surface area contributed by atoms with Crippen molar-refractivity contribution in [1.82, 2.24) is 0 Å². The van der Waals surface area contributed by atoms with Crippen LogP contribution in [0.5, 0.6) is 0 Å². The predicted octanol–water partition coefficient (Wildman–Crippen LogP) is 9.60. The molecule has 1 aromatic rings. The van der Waals surface area contributed by atoms with E-state index in [2.05, 4.69) is 64.4 Å². The maximum Gasteiger partial charge on any atom is 0.337 e. The van der Waals surface area contributed by atoms with E-state index in [0.29, 0.717) is 40.1 Å². The second kappa shape index (κ2) is 10.9. The Kier molecular flexibility index (Phi) is 8.06. The number of aliphatic imine (C=N–C) groups is 1. The molecule has 5 aliphatic carbocycles. The fourth-order valence-electron chi connectivity index (χ4n) is 11.8. The van der Waals surface area contributed by atoms with Crippen molar-refractivity contribution in [2.75, 3.05) is 7.11 Å². The summed E-state index contributed by atoms with van der Waals surface area (Å²) in [4.78, 5) is 28.0. The molecule has 7 unspecified atom stereocenters. The molecular weight excluding hydrogens is 518 g/mol. The van der Waals surface area contributed by atoms with Crippen LogP contribution in [0, 0.1) is 45.3 Å². The van der Waals surface area contributed by atoms with Gasteiger partial charge in [-0.1, -0.05) is 65.3 Å². The van der Waals surface area contributed by atoms with Crippen molar-refractivity contribution < 1.29 is 14.3 Å². The topological polar surface area (TPSA) is 55.7 Å². The Morgan fingerprint density at radius 2 is 1.62 bits per heavy atom. The molecule has 228 valence electrons. The van der Waals surface area contributed by atoms with Crippen LogP contribution in [-0.4, -0.2) is 24.7 Å². The summed E-state index contributed by atoms with van der Waals surface area (Å²) in [6, 6.07) is 8.04. The van der Waals surface area contributed by atoms with Crippen molar-refractivity contribution in [1.29, 1.82) is 0 Å². The fourth-order valence-corrected chi connectivity index (χ4v) is 11.8. The molecule has 4 heteroatoms. The Morgan fingerprint density at radius 1 is 0.929 bits per heavy atom. The molecule has 0 N–H and O–H groups in total. The lowest BCUT2D eigenvalue weighted by atomic mass is 9.33. The predicted molar refractivity (Wildman–Crippen MR) is 171 cm³/mol. The van der Waals surface area contributed by atoms with Gasteiger partial charge < -0.3 is 4.74 Å². The van der Waals surface area contributed by atoms with Crippen LogP contribution >= 0.6 is 0 Å². The minimum atomic E-state index is -0.280. The summed E-state index contributed by atoms with van der Waals surface area (Å²) in [6.45, 7) is 18.1. The number of hydrogen-bond donors (Lipinski definition) is 0. The lowest BCUT2D eigenvalue weighted by molar-refractivity contribution is -0.214. The molecular formula is C38H53NO3. The highest BCUT2D eigenvalue weighted by Gasteiger charge is 2.69. The van der Waals surface area contributed by atoms with Crippen LogP contribution in [0.2, 0.25) is 0 Å². The Bertz CT molecular complexity index is 1290. The maximum atomic E-state index is 12.0. The number of nitrogens with zero attached hydrogens (tertiary/aromatic N) is 1. The van der Waals surface area contributed by atoms with E-state index in [1.54, 1.807) is 6.08 Å². The molecule has 0 aliphatic heterocycles. The molecule has 0 aromatic heterocycles. The molecule has 4 saturated carbocycles. The first-order valence-electron chi connectivity index (χ1n) is 16.4. The third-order valence-electron chi connectivity index (χ3n) is 13.8. The normalized spacial score (nSPS) is 41.2. The van der Waals surface area contributed by atoms with E-state index in [1.807, 2.05) is 25.1 Å². The fraction of sp³-hybridized carbons (Fsp3) is 0.684. The molecule has 4 fully saturated rings. The Hall–Kier alpha value is -2.45. The Balaban J connectivity index is 0.00000113. The number of hydrogen-bond acceptors (Lipinski definition) is 4. The zero-order valence-corrected chi connectivity index (χ0v) is 27.2. The smallest absolute Gasteiger partial charge is 0.337 e. The number of esters is 1. The first-order chi connectivity index (χ1) is 19.9. The zero-order valence-electron chi connectivity index (χ0n) is 27.2. The van der Waals surface area contributed by atoms with Gasteiger partial charge in [0.15, 0.2) is 0 Å². The molecule has 5 aliphatic rings. The van der Waals surface area contributed by atoms with E-state index in [-0.39, 0.29) is 22.3 Å². The number of allylic oxidation sites excluding steroid dienone is 3. The SMILES string of the molecule is C=CC.COC(=O)c1ccc(C2=CCC3(C)C(CCC4(C)C3CCC3C5CCCC5(N=C=O)CC[C@]34C)C2(C)C)cc1. The highest BCUT2D eigenvalue weighted by atomic mass is 16.5. The Labute approximate surface area is 254 Å². The number of isocyanates is 1.